The number of aryl methyl sites for hydroxylation is 2. The zero-order valence-electron chi connectivity index (χ0n) is 13.4. The number of rotatable bonds is 4. The van der Waals surface area contributed by atoms with E-state index in [2.05, 4.69) is 63.7 Å². The fourth-order valence-corrected chi connectivity index (χ4v) is 3.40. The first kappa shape index (κ1) is 15.1. The minimum Gasteiger partial charge on any atom is -0.369 e. The highest BCUT2D eigenvalue weighted by atomic mass is 15.3. The summed E-state index contributed by atoms with van der Waals surface area (Å²) in [6.07, 6.45) is 1.88. The van der Waals surface area contributed by atoms with E-state index in [0.717, 1.165) is 31.9 Å². The molecule has 0 aliphatic carbocycles. The fourth-order valence-electron chi connectivity index (χ4n) is 3.40. The van der Waals surface area contributed by atoms with E-state index in [4.69, 9.17) is 5.73 Å². The van der Waals surface area contributed by atoms with E-state index in [9.17, 15) is 0 Å². The van der Waals surface area contributed by atoms with E-state index < -0.39 is 0 Å². The third kappa shape index (κ3) is 2.87. The van der Waals surface area contributed by atoms with E-state index >= 15 is 0 Å². The second kappa shape index (κ2) is 6.50. The number of imidazole rings is 1. The molecule has 5 nitrogen and oxygen atoms in total. The Labute approximate surface area is 132 Å². The molecule has 5 heteroatoms. The lowest BCUT2D eigenvalue weighted by atomic mass is 10.1. The summed E-state index contributed by atoms with van der Waals surface area (Å²) in [4.78, 5) is 9.35. The molecule has 1 saturated heterocycles. The number of nitrogens with zero attached hydrogens (tertiary/aromatic N) is 4. The molecule has 1 unspecified atom stereocenters. The molecule has 22 heavy (non-hydrogen) atoms. The quantitative estimate of drug-likeness (QED) is 0.930. The van der Waals surface area contributed by atoms with Crippen molar-refractivity contribution < 1.29 is 0 Å². The molecule has 1 aliphatic heterocycles. The molecule has 0 bridgehead atoms. The SMILES string of the molecule is Cc1ncn(C)c1C(CN)N1CCN(c2ccccc2)CC1. The number of hydrogen-bond acceptors (Lipinski definition) is 4. The van der Waals surface area contributed by atoms with Crippen LogP contribution in [0.2, 0.25) is 0 Å². The number of piperazine rings is 1. The van der Waals surface area contributed by atoms with Crippen molar-refractivity contribution >= 4 is 5.69 Å². The maximum Gasteiger partial charge on any atom is 0.0949 e. The van der Waals surface area contributed by atoms with E-state index in [1.807, 2.05) is 6.33 Å². The highest BCUT2D eigenvalue weighted by Crippen LogP contribution is 2.25. The Balaban J connectivity index is 1.70. The van der Waals surface area contributed by atoms with Crippen LogP contribution in [0.1, 0.15) is 17.4 Å². The Bertz CT molecular complexity index is 579. The first-order chi connectivity index (χ1) is 10.7. The van der Waals surface area contributed by atoms with Gasteiger partial charge in [0.2, 0.25) is 0 Å². The number of hydrogen-bond donors (Lipinski definition) is 1. The molecule has 0 radical (unpaired) electrons. The first-order valence-electron chi connectivity index (χ1n) is 7.92. The van der Waals surface area contributed by atoms with Crippen molar-refractivity contribution in [1.82, 2.24) is 14.5 Å². The van der Waals surface area contributed by atoms with E-state index in [1.54, 1.807) is 0 Å². The average molecular weight is 299 g/mol. The Kier molecular flexibility index (Phi) is 4.45. The molecule has 0 amide bonds. The number of aromatic nitrogens is 2. The van der Waals surface area contributed by atoms with Gasteiger partial charge >= 0.3 is 0 Å². The second-order valence-electron chi connectivity index (χ2n) is 5.94. The van der Waals surface area contributed by atoms with Crippen molar-refractivity contribution in [2.75, 3.05) is 37.6 Å². The van der Waals surface area contributed by atoms with Gasteiger partial charge in [0.25, 0.3) is 0 Å². The van der Waals surface area contributed by atoms with Gasteiger partial charge in [0, 0.05) is 45.5 Å². The Morgan fingerprint density at radius 2 is 1.82 bits per heavy atom. The van der Waals surface area contributed by atoms with Gasteiger partial charge in [-0.3, -0.25) is 4.90 Å². The van der Waals surface area contributed by atoms with E-state index in [-0.39, 0.29) is 6.04 Å². The molecule has 1 aromatic heterocycles. The van der Waals surface area contributed by atoms with E-state index in [0.29, 0.717) is 6.54 Å². The van der Waals surface area contributed by atoms with Crippen LogP contribution in [0, 0.1) is 6.92 Å². The molecule has 1 aliphatic rings. The summed E-state index contributed by atoms with van der Waals surface area (Å²) in [5, 5.41) is 0. The molecule has 2 aromatic rings. The fraction of sp³-hybridized carbons (Fsp3) is 0.471. The predicted octanol–water partition coefficient (Wildman–Crippen LogP) is 1.55. The summed E-state index contributed by atoms with van der Waals surface area (Å²) in [7, 11) is 2.05. The van der Waals surface area contributed by atoms with Gasteiger partial charge in [-0.2, -0.15) is 0 Å². The molecule has 2 N–H and O–H groups in total. The van der Waals surface area contributed by atoms with Crippen molar-refractivity contribution in [2.24, 2.45) is 12.8 Å². The number of para-hydroxylation sites is 1. The lowest BCUT2D eigenvalue weighted by Gasteiger charge is -2.40. The van der Waals surface area contributed by atoms with Gasteiger partial charge in [-0.05, 0) is 19.1 Å². The third-order valence-electron chi connectivity index (χ3n) is 4.59. The summed E-state index contributed by atoms with van der Waals surface area (Å²) in [5.41, 5.74) is 9.72. The standard InChI is InChI=1S/C17H25N5/c1-14-17(20(2)13-19-14)16(12-18)22-10-8-21(9-11-22)15-6-4-3-5-7-15/h3-7,13,16H,8-12,18H2,1-2H3. The summed E-state index contributed by atoms with van der Waals surface area (Å²) in [6, 6.07) is 10.9. The molecular weight excluding hydrogens is 274 g/mol. The van der Waals surface area contributed by atoms with Gasteiger partial charge < -0.3 is 15.2 Å². The topological polar surface area (TPSA) is 50.3 Å². The average Bonchev–Trinajstić information content (AvgIpc) is 2.90. The van der Waals surface area contributed by atoms with Crippen LogP contribution >= 0.6 is 0 Å². The molecule has 0 spiro atoms. The molecule has 118 valence electrons. The molecule has 1 atom stereocenters. The second-order valence-corrected chi connectivity index (χ2v) is 5.94. The molecule has 2 heterocycles. The van der Waals surface area contributed by atoms with Gasteiger partial charge in [-0.25, -0.2) is 4.98 Å². The Morgan fingerprint density at radius 3 is 2.36 bits per heavy atom. The largest absolute Gasteiger partial charge is 0.369 e. The number of anilines is 1. The van der Waals surface area contributed by atoms with Gasteiger partial charge in [-0.1, -0.05) is 18.2 Å². The lowest BCUT2D eigenvalue weighted by molar-refractivity contribution is 0.184. The predicted molar refractivity (Wildman–Crippen MR) is 90.0 cm³/mol. The highest BCUT2D eigenvalue weighted by Gasteiger charge is 2.27. The maximum atomic E-state index is 6.08. The van der Waals surface area contributed by atoms with Gasteiger partial charge in [0.05, 0.1) is 23.8 Å². The summed E-state index contributed by atoms with van der Waals surface area (Å²) >= 11 is 0. The summed E-state index contributed by atoms with van der Waals surface area (Å²) in [6.45, 7) is 6.83. The van der Waals surface area contributed by atoms with Crippen LogP contribution in [-0.2, 0) is 7.05 Å². The van der Waals surface area contributed by atoms with Gasteiger partial charge in [-0.15, -0.1) is 0 Å². The van der Waals surface area contributed by atoms with Crippen molar-refractivity contribution in [3.63, 3.8) is 0 Å². The van der Waals surface area contributed by atoms with Crippen LogP contribution in [0.5, 0.6) is 0 Å². The van der Waals surface area contributed by atoms with Crippen LogP contribution in [0.4, 0.5) is 5.69 Å². The Morgan fingerprint density at radius 1 is 1.14 bits per heavy atom. The van der Waals surface area contributed by atoms with Crippen molar-refractivity contribution in [3.8, 4) is 0 Å². The number of nitrogens with two attached hydrogens (primary N) is 1. The number of benzene rings is 1. The lowest BCUT2D eigenvalue weighted by Crippen LogP contribution is -2.49. The minimum atomic E-state index is 0.255. The minimum absolute atomic E-state index is 0.255. The Hall–Kier alpha value is -1.85. The van der Waals surface area contributed by atoms with Gasteiger partial charge in [0.1, 0.15) is 0 Å². The monoisotopic (exact) mass is 299 g/mol. The van der Waals surface area contributed by atoms with Gasteiger partial charge in [0.15, 0.2) is 0 Å². The summed E-state index contributed by atoms with van der Waals surface area (Å²) < 4.78 is 2.11. The molecule has 1 aromatic carbocycles. The molecule has 3 rings (SSSR count). The maximum absolute atomic E-state index is 6.08. The van der Waals surface area contributed by atoms with Crippen molar-refractivity contribution in [1.29, 1.82) is 0 Å². The normalized spacial score (nSPS) is 17.7. The third-order valence-corrected chi connectivity index (χ3v) is 4.59. The zero-order valence-corrected chi connectivity index (χ0v) is 13.4. The summed E-state index contributed by atoms with van der Waals surface area (Å²) in [5.74, 6) is 0. The smallest absolute Gasteiger partial charge is 0.0949 e. The highest BCUT2D eigenvalue weighted by molar-refractivity contribution is 5.46. The van der Waals surface area contributed by atoms with Crippen LogP contribution in [0.3, 0.4) is 0 Å². The zero-order chi connectivity index (χ0) is 15.5. The van der Waals surface area contributed by atoms with Crippen molar-refractivity contribution in [2.45, 2.75) is 13.0 Å². The first-order valence-corrected chi connectivity index (χ1v) is 7.92. The van der Waals surface area contributed by atoms with Crippen LogP contribution in [0.25, 0.3) is 0 Å². The molecular formula is C17H25N5. The molecule has 0 saturated carbocycles. The van der Waals surface area contributed by atoms with Crippen molar-refractivity contribution in [3.05, 3.63) is 48.0 Å². The van der Waals surface area contributed by atoms with E-state index in [1.165, 1.54) is 11.4 Å². The van der Waals surface area contributed by atoms with Crippen LogP contribution in [-0.4, -0.2) is 47.2 Å². The van der Waals surface area contributed by atoms with Crippen LogP contribution in [0.15, 0.2) is 36.7 Å². The van der Waals surface area contributed by atoms with Crippen LogP contribution < -0.4 is 10.6 Å². The molecule has 1 fully saturated rings.